The highest BCUT2D eigenvalue weighted by Crippen LogP contribution is 2.43. The number of methoxy groups -OCH3 is 1. The van der Waals surface area contributed by atoms with E-state index in [2.05, 4.69) is 20.4 Å². The van der Waals surface area contributed by atoms with Crippen molar-refractivity contribution in [2.24, 2.45) is 0 Å². The van der Waals surface area contributed by atoms with Crippen molar-refractivity contribution in [3.63, 3.8) is 0 Å². The van der Waals surface area contributed by atoms with E-state index in [1.807, 2.05) is 24.3 Å². The van der Waals surface area contributed by atoms with Gasteiger partial charge in [-0.1, -0.05) is 18.2 Å². The predicted molar refractivity (Wildman–Crippen MR) is 91.2 cm³/mol. The number of anilines is 1. The standard InChI is InChI=1S/C18H20N4O3/c1-25-16(23)15-12(9-19-21-15)10-22-8-4-7-18(11-22)13-5-2-3-6-14(13)20-17(18)24/h2-3,5-6,9H,4,7-8,10-11H2,1H3,(H,19,21)(H,20,24)/t18-/m0/s1. The normalized spacial score (nSPS) is 22.7. The Kier molecular flexibility index (Phi) is 3.80. The van der Waals surface area contributed by atoms with Gasteiger partial charge in [-0.05, 0) is 31.0 Å². The summed E-state index contributed by atoms with van der Waals surface area (Å²) >= 11 is 0. The Hall–Kier alpha value is -2.67. The van der Waals surface area contributed by atoms with Gasteiger partial charge in [-0.3, -0.25) is 14.8 Å². The molecule has 2 aromatic rings. The van der Waals surface area contributed by atoms with Crippen molar-refractivity contribution in [3.8, 4) is 0 Å². The number of aromatic amines is 1. The van der Waals surface area contributed by atoms with Gasteiger partial charge >= 0.3 is 5.97 Å². The van der Waals surface area contributed by atoms with E-state index in [1.54, 1.807) is 6.20 Å². The molecule has 2 N–H and O–H groups in total. The average molecular weight is 340 g/mol. The van der Waals surface area contributed by atoms with Crippen LogP contribution < -0.4 is 5.32 Å². The molecule has 1 fully saturated rings. The van der Waals surface area contributed by atoms with E-state index in [0.29, 0.717) is 18.8 Å². The third-order valence-corrected chi connectivity index (χ3v) is 5.20. The van der Waals surface area contributed by atoms with Gasteiger partial charge in [0.2, 0.25) is 5.91 Å². The summed E-state index contributed by atoms with van der Waals surface area (Å²) in [6.07, 6.45) is 3.41. The SMILES string of the molecule is COC(=O)c1[nH]ncc1CN1CCC[C@@]2(C1)C(=O)Nc1ccccc12. The molecule has 2 aliphatic heterocycles. The van der Waals surface area contributed by atoms with Crippen LogP contribution in [0.3, 0.4) is 0 Å². The minimum atomic E-state index is -0.510. The summed E-state index contributed by atoms with van der Waals surface area (Å²) in [5.41, 5.74) is 2.64. The Morgan fingerprint density at radius 3 is 3.08 bits per heavy atom. The molecular weight excluding hydrogens is 320 g/mol. The Morgan fingerprint density at radius 1 is 1.40 bits per heavy atom. The number of rotatable bonds is 3. The monoisotopic (exact) mass is 340 g/mol. The minimum absolute atomic E-state index is 0.0683. The number of piperidine rings is 1. The van der Waals surface area contributed by atoms with Gasteiger partial charge in [0.05, 0.1) is 18.7 Å². The maximum absolute atomic E-state index is 12.7. The van der Waals surface area contributed by atoms with E-state index in [-0.39, 0.29) is 5.91 Å². The van der Waals surface area contributed by atoms with Crippen LogP contribution in [0.15, 0.2) is 30.5 Å². The molecule has 130 valence electrons. The summed E-state index contributed by atoms with van der Waals surface area (Å²) in [4.78, 5) is 26.8. The maximum Gasteiger partial charge on any atom is 0.356 e. The number of ether oxygens (including phenoxy) is 1. The Labute approximate surface area is 145 Å². The first-order chi connectivity index (χ1) is 12.1. The van der Waals surface area contributed by atoms with Crippen molar-refractivity contribution in [1.29, 1.82) is 0 Å². The topological polar surface area (TPSA) is 87.3 Å². The van der Waals surface area contributed by atoms with Gasteiger partial charge in [0.1, 0.15) is 5.69 Å². The highest BCUT2D eigenvalue weighted by molar-refractivity contribution is 6.06. The molecule has 0 aliphatic carbocycles. The first-order valence-electron chi connectivity index (χ1n) is 8.38. The molecule has 1 aromatic heterocycles. The van der Waals surface area contributed by atoms with Gasteiger partial charge in [-0.25, -0.2) is 4.79 Å². The number of carbonyl (C=O) groups excluding carboxylic acids is 2. The fourth-order valence-electron chi connectivity index (χ4n) is 4.01. The van der Waals surface area contributed by atoms with Crippen molar-refractivity contribution in [1.82, 2.24) is 15.1 Å². The molecule has 0 bridgehead atoms. The van der Waals surface area contributed by atoms with Gasteiger partial charge in [0, 0.05) is 24.3 Å². The number of aromatic nitrogens is 2. The zero-order valence-electron chi connectivity index (χ0n) is 14.0. The number of benzene rings is 1. The lowest BCUT2D eigenvalue weighted by molar-refractivity contribution is -0.122. The second-order valence-electron chi connectivity index (χ2n) is 6.66. The second-order valence-corrected chi connectivity index (χ2v) is 6.66. The van der Waals surface area contributed by atoms with Crippen molar-refractivity contribution >= 4 is 17.6 Å². The van der Waals surface area contributed by atoms with E-state index in [1.165, 1.54) is 7.11 Å². The van der Waals surface area contributed by atoms with E-state index in [9.17, 15) is 9.59 Å². The molecule has 1 amide bonds. The van der Waals surface area contributed by atoms with E-state index >= 15 is 0 Å². The van der Waals surface area contributed by atoms with Crippen molar-refractivity contribution in [2.45, 2.75) is 24.8 Å². The molecule has 7 heteroatoms. The number of H-pyrrole nitrogens is 1. The average Bonchev–Trinajstić information content (AvgIpc) is 3.19. The molecule has 0 unspecified atom stereocenters. The highest BCUT2D eigenvalue weighted by atomic mass is 16.5. The van der Waals surface area contributed by atoms with Crippen molar-refractivity contribution in [3.05, 3.63) is 47.3 Å². The quantitative estimate of drug-likeness (QED) is 0.830. The van der Waals surface area contributed by atoms with Crippen LogP contribution in [0.25, 0.3) is 0 Å². The summed E-state index contributed by atoms with van der Waals surface area (Å²) in [5.74, 6) is -0.359. The molecule has 2 aliphatic rings. The Bertz CT molecular complexity index is 831. The number of nitrogens with zero attached hydrogens (tertiary/aromatic N) is 2. The summed E-state index contributed by atoms with van der Waals surface area (Å²) in [7, 11) is 1.35. The van der Waals surface area contributed by atoms with E-state index < -0.39 is 11.4 Å². The molecule has 25 heavy (non-hydrogen) atoms. The van der Waals surface area contributed by atoms with Crippen LogP contribution in [0.1, 0.15) is 34.5 Å². The molecule has 1 spiro atoms. The minimum Gasteiger partial charge on any atom is -0.464 e. The molecular formula is C18H20N4O3. The van der Waals surface area contributed by atoms with Crippen LogP contribution in [0.4, 0.5) is 5.69 Å². The number of hydrogen-bond acceptors (Lipinski definition) is 5. The molecule has 7 nitrogen and oxygen atoms in total. The first-order valence-corrected chi connectivity index (χ1v) is 8.38. The van der Waals surface area contributed by atoms with Crippen LogP contribution in [0, 0.1) is 0 Å². The number of hydrogen-bond donors (Lipinski definition) is 2. The largest absolute Gasteiger partial charge is 0.464 e. The first kappa shape index (κ1) is 15.8. The van der Waals surface area contributed by atoms with Gasteiger partial charge in [0.15, 0.2) is 0 Å². The summed E-state index contributed by atoms with van der Waals surface area (Å²) < 4.78 is 4.79. The molecule has 4 rings (SSSR count). The fourth-order valence-corrected chi connectivity index (χ4v) is 4.01. The van der Waals surface area contributed by atoms with Gasteiger partial charge < -0.3 is 10.1 Å². The predicted octanol–water partition coefficient (Wildman–Crippen LogP) is 1.68. The third kappa shape index (κ3) is 2.51. The zero-order valence-corrected chi connectivity index (χ0v) is 14.0. The number of fused-ring (bicyclic) bond motifs is 2. The van der Waals surface area contributed by atoms with Crippen molar-refractivity contribution < 1.29 is 14.3 Å². The lowest BCUT2D eigenvalue weighted by Gasteiger charge is -2.39. The Morgan fingerprint density at radius 2 is 2.24 bits per heavy atom. The number of nitrogens with one attached hydrogen (secondary N) is 2. The smallest absolute Gasteiger partial charge is 0.356 e. The highest BCUT2D eigenvalue weighted by Gasteiger charge is 2.48. The third-order valence-electron chi connectivity index (χ3n) is 5.20. The fraction of sp³-hybridized carbons (Fsp3) is 0.389. The van der Waals surface area contributed by atoms with Crippen LogP contribution in [-0.2, 0) is 21.5 Å². The van der Waals surface area contributed by atoms with Crippen molar-refractivity contribution in [2.75, 3.05) is 25.5 Å². The lowest BCUT2D eigenvalue weighted by atomic mass is 9.75. The van der Waals surface area contributed by atoms with Gasteiger partial charge in [-0.2, -0.15) is 5.10 Å². The van der Waals surface area contributed by atoms with Gasteiger partial charge in [-0.15, -0.1) is 0 Å². The molecule has 1 saturated heterocycles. The summed E-state index contributed by atoms with van der Waals surface area (Å²) in [6, 6.07) is 7.90. The molecule has 0 saturated carbocycles. The number of likely N-dealkylation sites (tertiary alicyclic amines) is 1. The number of para-hydroxylation sites is 1. The zero-order chi connectivity index (χ0) is 17.4. The number of carbonyl (C=O) groups is 2. The van der Waals surface area contributed by atoms with Crippen LogP contribution in [0.2, 0.25) is 0 Å². The molecule has 0 radical (unpaired) electrons. The van der Waals surface area contributed by atoms with E-state index in [0.717, 1.165) is 36.2 Å². The Balaban J connectivity index is 1.60. The van der Waals surface area contributed by atoms with Crippen LogP contribution in [0.5, 0.6) is 0 Å². The number of esters is 1. The number of amides is 1. The molecule has 1 aromatic carbocycles. The maximum atomic E-state index is 12.7. The lowest BCUT2D eigenvalue weighted by Crippen LogP contribution is -2.49. The van der Waals surface area contributed by atoms with Gasteiger partial charge in [0.25, 0.3) is 0 Å². The van der Waals surface area contributed by atoms with Crippen LogP contribution in [-0.4, -0.2) is 47.2 Å². The molecule has 3 heterocycles. The molecule has 1 atom stereocenters. The second kappa shape index (κ2) is 6.00. The summed E-state index contributed by atoms with van der Waals surface area (Å²) in [5, 5.41) is 9.68. The van der Waals surface area contributed by atoms with Crippen LogP contribution >= 0.6 is 0 Å². The van der Waals surface area contributed by atoms with E-state index in [4.69, 9.17) is 4.74 Å². The summed E-state index contributed by atoms with van der Waals surface area (Å²) in [6.45, 7) is 2.06.